The summed E-state index contributed by atoms with van der Waals surface area (Å²) < 4.78 is 5.14. The van der Waals surface area contributed by atoms with E-state index in [4.69, 9.17) is 4.74 Å². The van der Waals surface area contributed by atoms with E-state index in [9.17, 15) is 9.90 Å². The van der Waals surface area contributed by atoms with Crippen molar-refractivity contribution in [2.24, 2.45) is 22.4 Å². The molecule has 4 bridgehead atoms. The highest BCUT2D eigenvalue weighted by molar-refractivity contribution is 5.86. The van der Waals surface area contributed by atoms with Crippen molar-refractivity contribution in [2.45, 2.75) is 50.9 Å². The molecule has 4 aliphatic carbocycles. The predicted octanol–water partition coefficient (Wildman–Crippen LogP) is 4.70. The lowest BCUT2D eigenvalue weighted by molar-refractivity contribution is -0.149. The van der Waals surface area contributed by atoms with Crippen molar-refractivity contribution in [1.29, 1.82) is 0 Å². The van der Waals surface area contributed by atoms with Crippen LogP contribution >= 0.6 is 0 Å². The van der Waals surface area contributed by atoms with E-state index >= 15 is 0 Å². The Kier molecular flexibility index (Phi) is 4.80. The van der Waals surface area contributed by atoms with Crippen LogP contribution in [0.15, 0.2) is 47.6 Å². The summed E-state index contributed by atoms with van der Waals surface area (Å²) in [5.74, 6) is 1.77. The fraction of sp³-hybridized carbons (Fsp3) is 0.462. The Morgan fingerprint density at radius 3 is 2.52 bits per heavy atom. The maximum absolute atomic E-state index is 13.4. The summed E-state index contributed by atoms with van der Waals surface area (Å²) in [4.78, 5) is 13.4. The number of rotatable bonds is 5. The highest BCUT2D eigenvalue weighted by Crippen LogP contribution is 2.65. The van der Waals surface area contributed by atoms with Gasteiger partial charge in [-0.1, -0.05) is 29.8 Å². The quantitative estimate of drug-likeness (QED) is 0.546. The first kappa shape index (κ1) is 20.1. The standard InChI is InChI=1S/C26H30N2O3/c1-17-3-6-21(7-4-17)25-11-19-9-20(12-25)14-26(13-19,16-25)24(30)28-27-15-18-5-8-22(29)23(10-18)31-2/h3-8,10,15,19-20,29H,9,11-14,16H2,1-2H3,(H,28,30)/b27-15-/t19-,20+,25?,26?. The van der Waals surface area contributed by atoms with Gasteiger partial charge in [-0.2, -0.15) is 5.10 Å². The SMILES string of the molecule is COc1cc(/C=N\NC(=O)C23C[C@H]4C[C@@H](C2)CC(c2ccc(C)cc2)(C4)C3)ccc1O. The summed E-state index contributed by atoms with van der Waals surface area (Å²) >= 11 is 0. The van der Waals surface area contributed by atoms with Crippen molar-refractivity contribution in [3.05, 3.63) is 59.2 Å². The van der Waals surface area contributed by atoms with Gasteiger partial charge >= 0.3 is 0 Å². The third-order valence-corrected chi connectivity index (χ3v) is 7.79. The minimum absolute atomic E-state index is 0.0556. The van der Waals surface area contributed by atoms with Gasteiger partial charge in [0.25, 0.3) is 0 Å². The van der Waals surface area contributed by atoms with Crippen LogP contribution in [0.25, 0.3) is 0 Å². The zero-order valence-electron chi connectivity index (χ0n) is 18.2. The van der Waals surface area contributed by atoms with Crippen LogP contribution in [0.4, 0.5) is 0 Å². The van der Waals surface area contributed by atoms with Gasteiger partial charge in [0.1, 0.15) is 0 Å². The predicted molar refractivity (Wildman–Crippen MR) is 120 cm³/mol. The minimum atomic E-state index is -0.320. The Labute approximate surface area is 183 Å². The number of nitrogens with zero attached hydrogens (tertiary/aromatic N) is 1. The fourth-order valence-corrected chi connectivity index (χ4v) is 6.83. The Morgan fingerprint density at radius 1 is 1.13 bits per heavy atom. The lowest BCUT2D eigenvalue weighted by atomic mass is 9.42. The second-order valence-corrected chi connectivity index (χ2v) is 10.0. The van der Waals surface area contributed by atoms with E-state index < -0.39 is 0 Å². The van der Waals surface area contributed by atoms with Crippen molar-refractivity contribution in [2.75, 3.05) is 7.11 Å². The molecule has 4 aliphatic rings. The number of carbonyl (C=O) groups is 1. The number of benzene rings is 2. The van der Waals surface area contributed by atoms with Crippen molar-refractivity contribution in [1.82, 2.24) is 5.43 Å². The molecular formula is C26H30N2O3. The first-order valence-electron chi connectivity index (χ1n) is 11.2. The summed E-state index contributed by atoms with van der Waals surface area (Å²) in [7, 11) is 1.51. The molecular weight excluding hydrogens is 388 g/mol. The van der Waals surface area contributed by atoms with Gasteiger partial charge in [0.2, 0.25) is 5.91 Å². The molecule has 4 atom stereocenters. The number of hydrogen-bond donors (Lipinski definition) is 2. The molecule has 6 rings (SSSR count). The van der Waals surface area contributed by atoms with Crippen LogP contribution in [-0.4, -0.2) is 24.3 Å². The number of phenolic OH excluding ortho intramolecular Hbond substituents is 1. The van der Waals surface area contributed by atoms with Crippen LogP contribution < -0.4 is 10.2 Å². The Bertz CT molecular complexity index is 1010. The van der Waals surface area contributed by atoms with Crippen molar-refractivity contribution in [3.63, 3.8) is 0 Å². The van der Waals surface area contributed by atoms with Gasteiger partial charge in [-0.25, -0.2) is 5.43 Å². The molecule has 2 aromatic carbocycles. The smallest absolute Gasteiger partial charge is 0.246 e. The number of hydrogen-bond acceptors (Lipinski definition) is 4. The zero-order valence-corrected chi connectivity index (χ0v) is 18.2. The van der Waals surface area contributed by atoms with Crippen molar-refractivity contribution >= 4 is 12.1 Å². The van der Waals surface area contributed by atoms with Crippen LogP contribution in [0.1, 0.15) is 55.2 Å². The molecule has 4 saturated carbocycles. The van der Waals surface area contributed by atoms with E-state index in [0.717, 1.165) is 24.8 Å². The first-order valence-corrected chi connectivity index (χ1v) is 11.2. The molecule has 5 nitrogen and oxygen atoms in total. The molecule has 4 fully saturated rings. The molecule has 0 saturated heterocycles. The first-order chi connectivity index (χ1) is 14.9. The number of phenols is 1. The second-order valence-electron chi connectivity index (χ2n) is 10.0. The molecule has 162 valence electrons. The van der Waals surface area contributed by atoms with Gasteiger partial charge in [-0.3, -0.25) is 4.79 Å². The maximum Gasteiger partial charge on any atom is 0.246 e. The van der Waals surface area contributed by atoms with Gasteiger partial charge in [0.05, 0.1) is 18.7 Å². The van der Waals surface area contributed by atoms with Crippen molar-refractivity contribution in [3.8, 4) is 11.5 Å². The number of aryl methyl sites for hydroxylation is 1. The summed E-state index contributed by atoms with van der Waals surface area (Å²) in [5, 5.41) is 14.0. The highest BCUT2D eigenvalue weighted by Gasteiger charge is 2.60. The third kappa shape index (κ3) is 3.50. The summed E-state index contributed by atoms with van der Waals surface area (Å²) in [6.45, 7) is 2.13. The molecule has 0 aliphatic heterocycles. The highest BCUT2D eigenvalue weighted by atomic mass is 16.5. The molecule has 0 aromatic heterocycles. The van der Waals surface area contributed by atoms with Crippen LogP contribution in [0.5, 0.6) is 11.5 Å². The van der Waals surface area contributed by atoms with Crippen LogP contribution in [0, 0.1) is 24.2 Å². The van der Waals surface area contributed by atoms with Gasteiger partial charge in [-0.15, -0.1) is 0 Å². The van der Waals surface area contributed by atoms with Gasteiger partial charge in [-0.05, 0) is 92.0 Å². The summed E-state index contributed by atoms with van der Waals surface area (Å²) in [6, 6.07) is 14.0. The molecule has 31 heavy (non-hydrogen) atoms. The molecule has 5 heteroatoms. The van der Waals surface area contributed by atoms with Crippen LogP contribution in [0.2, 0.25) is 0 Å². The zero-order chi connectivity index (χ0) is 21.6. The van der Waals surface area contributed by atoms with Gasteiger partial charge in [0, 0.05) is 0 Å². The Morgan fingerprint density at radius 2 is 1.84 bits per heavy atom. The average Bonchev–Trinajstić information content (AvgIpc) is 2.74. The minimum Gasteiger partial charge on any atom is -0.504 e. The molecule has 0 radical (unpaired) electrons. The van der Waals surface area contributed by atoms with E-state index in [2.05, 4.69) is 41.7 Å². The molecule has 2 aromatic rings. The number of aromatic hydroxyl groups is 1. The number of nitrogens with one attached hydrogen (secondary N) is 1. The maximum atomic E-state index is 13.4. The van der Waals surface area contributed by atoms with Gasteiger partial charge in [0.15, 0.2) is 11.5 Å². The third-order valence-electron chi connectivity index (χ3n) is 7.79. The number of carbonyl (C=O) groups excluding carboxylic acids is 1. The normalized spacial score (nSPS) is 31.2. The van der Waals surface area contributed by atoms with Crippen molar-refractivity contribution < 1.29 is 14.6 Å². The van der Waals surface area contributed by atoms with Crippen LogP contribution in [0.3, 0.4) is 0 Å². The molecule has 2 N–H and O–H groups in total. The second kappa shape index (κ2) is 7.40. The Hall–Kier alpha value is -2.82. The lowest BCUT2D eigenvalue weighted by Gasteiger charge is -2.61. The Balaban J connectivity index is 1.36. The van der Waals surface area contributed by atoms with Crippen LogP contribution in [-0.2, 0) is 10.2 Å². The fourth-order valence-electron chi connectivity index (χ4n) is 6.83. The van der Waals surface area contributed by atoms with E-state index in [-0.39, 0.29) is 22.5 Å². The number of ether oxygens (including phenoxy) is 1. The molecule has 0 heterocycles. The van der Waals surface area contributed by atoms with E-state index in [1.54, 1.807) is 24.4 Å². The lowest BCUT2D eigenvalue weighted by Crippen LogP contribution is -2.58. The summed E-state index contributed by atoms with van der Waals surface area (Å²) in [6.07, 6.45) is 8.16. The topological polar surface area (TPSA) is 70.9 Å². The number of methoxy groups -OCH3 is 1. The molecule has 0 spiro atoms. The largest absolute Gasteiger partial charge is 0.504 e. The summed E-state index contributed by atoms with van der Waals surface area (Å²) in [5.41, 5.74) is 6.10. The monoisotopic (exact) mass is 418 g/mol. The molecule has 1 amide bonds. The number of hydrazone groups is 1. The van der Waals surface area contributed by atoms with E-state index in [0.29, 0.717) is 17.6 Å². The van der Waals surface area contributed by atoms with E-state index in [1.165, 1.54) is 37.5 Å². The molecule has 2 unspecified atom stereocenters. The van der Waals surface area contributed by atoms with Gasteiger partial charge < -0.3 is 9.84 Å². The number of amides is 1. The average molecular weight is 419 g/mol. The van der Waals surface area contributed by atoms with E-state index in [1.807, 2.05) is 0 Å².